The number of hydrogen-bond acceptors (Lipinski definition) is 5. The Labute approximate surface area is 172 Å². The summed E-state index contributed by atoms with van der Waals surface area (Å²) < 4.78 is 0. The van der Waals surface area contributed by atoms with Gasteiger partial charge >= 0.3 is 0 Å². The van der Waals surface area contributed by atoms with Crippen LogP contribution in [0.25, 0.3) is 0 Å². The number of halogens is 2. The van der Waals surface area contributed by atoms with Crippen LogP contribution in [-0.4, -0.2) is 34.9 Å². The van der Waals surface area contributed by atoms with Gasteiger partial charge in [0.05, 0.1) is 6.04 Å². The van der Waals surface area contributed by atoms with E-state index in [-0.39, 0.29) is 17.9 Å². The van der Waals surface area contributed by atoms with E-state index in [0.717, 1.165) is 49.5 Å². The quantitative estimate of drug-likeness (QED) is 0.796. The van der Waals surface area contributed by atoms with Crippen LogP contribution in [0, 0.1) is 5.92 Å². The average Bonchev–Trinajstić information content (AvgIpc) is 2.69. The molecule has 1 aromatic heterocycles. The number of carbonyl (C=O) groups is 1. The van der Waals surface area contributed by atoms with Crippen LogP contribution >= 0.6 is 35.0 Å². The molecule has 3 heterocycles. The summed E-state index contributed by atoms with van der Waals surface area (Å²) in [5.74, 6) is 1.98. The van der Waals surface area contributed by atoms with E-state index < -0.39 is 0 Å². The molecule has 5 nitrogen and oxygen atoms in total. The smallest absolute Gasteiger partial charge is 0.223 e. The van der Waals surface area contributed by atoms with Gasteiger partial charge < -0.3 is 10.2 Å². The highest BCUT2D eigenvalue weighted by molar-refractivity contribution is 7.99. The molecule has 1 unspecified atom stereocenters. The maximum Gasteiger partial charge on any atom is 0.223 e. The molecule has 1 fully saturated rings. The molecular formula is C19H20Cl2N4OS. The molecule has 1 atom stereocenters. The van der Waals surface area contributed by atoms with Crippen molar-refractivity contribution < 1.29 is 4.79 Å². The normalized spacial score (nSPS) is 20.2. The Morgan fingerprint density at radius 1 is 1.11 bits per heavy atom. The predicted octanol–water partition coefficient (Wildman–Crippen LogP) is 4.35. The summed E-state index contributed by atoms with van der Waals surface area (Å²) in [6, 6.07) is 9.60. The number of amides is 1. The van der Waals surface area contributed by atoms with Gasteiger partial charge in [0.2, 0.25) is 5.91 Å². The van der Waals surface area contributed by atoms with Gasteiger partial charge in [0.25, 0.3) is 0 Å². The minimum atomic E-state index is 0.0266. The SMILES string of the molecule is O=C(NC1CCSc2ccc(Cl)cc21)C1CCN(c2ccc(Cl)nn2)CC1. The first kappa shape index (κ1) is 18.8. The lowest BCUT2D eigenvalue weighted by atomic mass is 9.94. The standard InChI is InChI=1S/C19H20Cl2N4OS/c20-13-1-2-16-14(11-13)15(7-10-27-16)22-19(26)12-5-8-25(9-6-12)18-4-3-17(21)23-24-18/h1-4,11-12,15H,5-10H2,(H,22,26). The van der Waals surface area contributed by atoms with Crippen molar-refractivity contribution in [1.29, 1.82) is 0 Å². The number of thioether (sulfide) groups is 1. The van der Waals surface area contributed by atoms with Gasteiger partial charge in [-0.2, -0.15) is 0 Å². The van der Waals surface area contributed by atoms with Crippen molar-refractivity contribution in [1.82, 2.24) is 15.5 Å². The third-order valence-corrected chi connectivity index (χ3v) is 6.69. The Morgan fingerprint density at radius 3 is 2.67 bits per heavy atom. The highest BCUT2D eigenvalue weighted by Gasteiger charge is 2.29. The number of anilines is 1. The fourth-order valence-corrected chi connectivity index (χ4v) is 5.04. The third kappa shape index (κ3) is 4.33. The molecule has 0 saturated carbocycles. The fraction of sp³-hybridized carbons (Fsp3) is 0.421. The number of nitrogens with one attached hydrogen (secondary N) is 1. The fourth-order valence-electron chi connectivity index (χ4n) is 3.65. The highest BCUT2D eigenvalue weighted by Crippen LogP contribution is 2.38. The summed E-state index contributed by atoms with van der Waals surface area (Å²) in [7, 11) is 0. The number of benzene rings is 1. The van der Waals surface area contributed by atoms with Crippen molar-refractivity contribution in [2.24, 2.45) is 5.92 Å². The molecule has 2 aliphatic heterocycles. The first-order valence-corrected chi connectivity index (χ1v) is 10.8. The zero-order chi connectivity index (χ0) is 18.8. The Morgan fingerprint density at radius 2 is 1.93 bits per heavy atom. The van der Waals surface area contributed by atoms with E-state index in [4.69, 9.17) is 23.2 Å². The van der Waals surface area contributed by atoms with Crippen LogP contribution in [0.5, 0.6) is 0 Å². The Kier molecular flexibility index (Phi) is 5.76. The van der Waals surface area contributed by atoms with Crippen molar-refractivity contribution in [2.45, 2.75) is 30.2 Å². The Balaban J connectivity index is 1.37. The molecule has 2 aromatic rings. The van der Waals surface area contributed by atoms with Crippen LogP contribution in [0.3, 0.4) is 0 Å². The van der Waals surface area contributed by atoms with Crippen LogP contribution in [-0.2, 0) is 4.79 Å². The van der Waals surface area contributed by atoms with Gasteiger partial charge in [-0.3, -0.25) is 4.79 Å². The number of piperidine rings is 1. The monoisotopic (exact) mass is 422 g/mol. The van der Waals surface area contributed by atoms with Crippen molar-refractivity contribution >= 4 is 46.7 Å². The van der Waals surface area contributed by atoms with E-state index in [9.17, 15) is 4.79 Å². The summed E-state index contributed by atoms with van der Waals surface area (Å²) in [6.07, 6.45) is 2.54. The number of carbonyl (C=O) groups excluding carboxylic acids is 1. The van der Waals surface area contributed by atoms with Crippen molar-refractivity contribution in [3.05, 3.63) is 46.1 Å². The summed E-state index contributed by atoms with van der Waals surface area (Å²) in [4.78, 5) is 16.2. The number of rotatable bonds is 3. The van der Waals surface area contributed by atoms with Crippen molar-refractivity contribution in [2.75, 3.05) is 23.7 Å². The van der Waals surface area contributed by atoms with Crippen molar-refractivity contribution in [3.63, 3.8) is 0 Å². The molecule has 142 valence electrons. The summed E-state index contributed by atoms with van der Waals surface area (Å²) >= 11 is 13.8. The number of nitrogens with zero attached hydrogens (tertiary/aromatic N) is 3. The second-order valence-electron chi connectivity index (χ2n) is 6.86. The molecule has 2 aliphatic rings. The zero-order valence-electron chi connectivity index (χ0n) is 14.7. The molecule has 0 bridgehead atoms. The molecular weight excluding hydrogens is 403 g/mol. The van der Waals surface area contributed by atoms with Gasteiger partial charge in [-0.1, -0.05) is 23.2 Å². The average molecular weight is 423 g/mol. The maximum absolute atomic E-state index is 12.8. The molecule has 1 amide bonds. The molecule has 1 aromatic carbocycles. The molecule has 27 heavy (non-hydrogen) atoms. The number of fused-ring (bicyclic) bond motifs is 1. The minimum absolute atomic E-state index is 0.0266. The summed E-state index contributed by atoms with van der Waals surface area (Å²) in [5.41, 5.74) is 1.14. The van der Waals surface area contributed by atoms with E-state index in [1.54, 1.807) is 6.07 Å². The third-order valence-electron chi connectivity index (χ3n) is 5.14. The molecule has 0 aliphatic carbocycles. The second-order valence-corrected chi connectivity index (χ2v) is 8.82. The van der Waals surface area contributed by atoms with E-state index in [0.29, 0.717) is 10.2 Å². The van der Waals surface area contributed by atoms with Crippen LogP contribution < -0.4 is 10.2 Å². The molecule has 4 rings (SSSR count). The first-order valence-electron chi connectivity index (χ1n) is 9.07. The van der Waals surface area contributed by atoms with Gasteiger partial charge in [-0.25, -0.2) is 0 Å². The topological polar surface area (TPSA) is 58.1 Å². The lowest BCUT2D eigenvalue weighted by Crippen LogP contribution is -2.42. The number of aromatic nitrogens is 2. The largest absolute Gasteiger partial charge is 0.355 e. The van der Waals surface area contributed by atoms with Gasteiger partial charge in [0.1, 0.15) is 0 Å². The molecule has 0 spiro atoms. The van der Waals surface area contributed by atoms with Crippen LogP contribution in [0.15, 0.2) is 35.2 Å². The highest BCUT2D eigenvalue weighted by atomic mass is 35.5. The maximum atomic E-state index is 12.8. The molecule has 0 radical (unpaired) electrons. The molecule has 8 heteroatoms. The van der Waals surface area contributed by atoms with E-state index >= 15 is 0 Å². The zero-order valence-corrected chi connectivity index (χ0v) is 17.0. The van der Waals surface area contributed by atoms with E-state index in [1.807, 2.05) is 36.0 Å². The van der Waals surface area contributed by atoms with Gasteiger partial charge in [-0.15, -0.1) is 22.0 Å². The van der Waals surface area contributed by atoms with Crippen molar-refractivity contribution in [3.8, 4) is 0 Å². The lowest BCUT2D eigenvalue weighted by molar-refractivity contribution is -0.126. The van der Waals surface area contributed by atoms with Crippen LogP contribution in [0.1, 0.15) is 30.9 Å². The Bertz CT molecular complexity index is 825. The van der Waals surface area contributed by atoms with Crippen LogP contribution in [0.4, 0.5) is 5.82 Å². The summed E-state index contributed by atoms with van der Waals surface area (Å²) in [6.45, 7) is 1.58. The van der Waals surface area contributed by atoms with Crippen LogP contribution in [0.2, 0.25) is 10.2 Å². The second kappa shape index (κ2) is 8.25. The molecule has 1 saturated heterocycles. The molecule has 1 N–H and O–H groups in total. The lowest BCUT2D eigenvalue weighted by Gasteiger charge is -2.33. The van der Waals surface area contributed by atoms with Gasteiger partial charge in [-0.05, 0) is 55.2 Å². The van der Waals surface area contributed by atoms with Gasteiger partial charge in [0, 0.05) is 34.7 Å². The number of hydrogen-bond donors (Lipinski definition) is 1. The Hall–Kier alpha value is -1.50. The summed E-state index contributed by atoms with van der Waals surface area (Å²) in [5, 5.41) is 12.4. The van der Waals surface area contributed by atoms with Gasteiger partial charge in [0.15, 0.2) is 11.0 Å². The van der Waals surface area contributed by atoms with E-state index in [1.165, 1.54) is 4.90 Å². The predicted molar refractivity (Wildman–Crippen MR) is 110 cm³/mol. The van der Waals surface area contributed by atoms with E-state index in [2.05, 4.69) is 20.4 Å². The first-order chi connectivity index (χ1) is 13.1. The minimum Gasteiger partial charge on any atom is -0.355 e.